The molecule has 0 heteroatoms. The first-order valence-electron chi connectivity index (χ1n) is 6.78. The van der Waals surface area contributed by atoms with Gasteiger partial charge < -0.3 is 0 Å². The van der Waals surface area contributed by atoms with Crippen molar-refractivity contribution in [3.63, 3.8) is 0 Å². The van der Waals surface area contributed by atoms with Gasteiger partial charge in [-0.15, -0.1) is 0 Å². The molecule has 5 aliphatic rings. The monoisotopic (exact) mass is 198 g/mol. The Bertz CT molecular complexity index is 341. The summed E-state index contributed by atoms with van der Waals surface area (Å²) in [4.78, 5) is 0. The molecule has 3 fully saturated rings. The van der Waals surface area contributed by atoms with Crippen LogP contribution in [0.5, 0.6) is 0 Å². The molecule has 15 heavy (non-hydrogen) atoms. The summed E-state index contributed by atoms with van der Waals surface area (Å²) in [6.45, 7) is 0. The highest BCUT2D eigenvalue weighted by Crippen LogP contribution is 2.67. The Balaban J connectivity index is 1.61. The Kier molecular flexibility index (Phi) is 1.16. The van der Waals surface area contributed by atoms with Crippen LogP contribution in [0.4, 0.5) is 0 Å². The summed E-state index contributed by atoms with van der Waals surface area (Å²) >= 11 is 0. The summed E-state index contributed by atoms with van der Waals surface area (Å²) in [5.41, 5.74) is 0. The molecular formula is C15H18. The maximum atomic E-state index is 2.56. The quantitative estimate of drug-likeness (QED) is 0.524. The van der Waals surface area contributed by atoms with Crippen LogP contribution in [0.15, 0.2) is 24.3 Å². The zero-order valence-electron chi connectivity index (χ0n) is 9.05. The SMILES string of the molecule is C1=C[C@H]2C[C@@H]1[C@H]1[C@@H]2C[C@H]2[C@@H]1[C@@H]1C=C[C@H]2C1. The molecule has 0 aliphatic heterocycles. The Hall–Kier alpha value is -0.520. The largest absolute Gasteiger partial charge is 0.0848 e. The van der Waals surface area contributed by atoms with Crippen LogP contribution in [0.25, 0.3) is 0 Å². The first-order chi connectivity index (χ1) is 7.42. The molecule has 0 aromatic rings. The maximum absolute atomic E-state index is 2.56. The van der Waals surface area contributed by atoms with Gasteiger partial charge in [-0.1, -0.05) is 24.3 Å². The Labute approximate surface area is 91.4 Å². The van der Waals surface area contributed by atoms with Gasteiger partial charge in [-0.05, 0) is 66.6 Å². The smallest absolute Gasteiger partial charge is 0.0194 e. The second-order valence-electron chi connectivity index (χ2n) is 6.61. The zero-order chi connectivity index (χ0) is 9.57. The minimum Gasteiger partial charge on any atom is -0.0848 e. The summed E-state index contributed by atoms with van der Waals surface area (Å²) in [5.74, 6) is 8.36. The van der Waals surface area contributed by atoms with Gasteiger partial charge in [-0.25, -0.2) is 0 Å². The molecule has 0 N–H and O–H groups in total. The van der Waals surface area contributed by atoms with E-state index in [1.807, 2.05) is 0 Å². The molecule has 0 radical (unpaired) electrons. The van der Waals surface area contributed by atoms with E-state index in [-0.39, 0.29) is 0 Å². The predicted octanol–water partition coefficient (Wildman–Crippen LogP) is 3.27. The zero-order valence-corrected chi connectivity index (χ0v) is 9.05. The van der Waals surface area contributed by atoms with Gasteiger partial charge >= 0.3 is 0 Å². The standard InChI is InChI=1S/C15H18/c1-3-10-5-8(1)12-7-13-9-2-4-11(6-9)15(13)14(10)12/h1-4,8-15H,5-7H2/t8-,9-,10+,11+,12+,13+,14-,15-/m0/s1. The van der Waals surface area contributed by atoms with Crippen LogP contribution in [0.3, 0.4) is 0 Å². The molecule has 0 amide bonds. The second-order valence-corrected chi connectivity index (χ2v) is 6.61. The van der Waals surface area contributed by atoms with E-state index in [1.54, 1.807) is 6.42 Å². The molecule has 3 saturated carbocycles. The van der Waals surface area contributed by atoms with Gasteiger partial charge in [0.15, 0.2) is 0 Å². The van der Waals surface area contributed by atoms with E-state index in [0.29, 0.717) is 0 Å². The minimum absolute atomic E-state index is 0.989. The first-order valence-corrected chi connectivity index (χ1v) is 6.78. The molecule has 4 bridgehead atoms. The van der Waals surface area contributed by atoms with Crippen molar-refractivity contribution in [1.29, 1.82) is 0 Å². The highest BCUT2D eigenvalue weighted by atomic mass is 14.6. The molecule has 0 aromatic carbocycles. The predicted molar refractivity (Wildman–Crippen MR) is 60.1 cm³/mol. The molecule has 0 nitrogen and oxygen atoms in total. The fourth-order valence-electron chi connectivity index (χ4n) is 6.05. The number of rotatable bonds is 0. The Morgan fingerprint density at radius 3 is 1.53 bits per heavy atom. The summed E-state index contributed by atoms with van der Waals surface area (Å²) in [6.07, 6.45) is 14.8. The van der Waals surface area contributed by atoms with Crippen molar-refractivity contribution < 1.29 is 0 Å². The van der Waals surface area contributed by atoms with Gasteiger partial charge in [0.1, 0.15) is 0 Å². The Morgan fingerprint density at radius 2 is 1.00 bits per heavy atom. The van der Waals surface area contributed by atoms with Crippen molar-refractivity contribution in [2.24, 2.45) is 47.3 Å². The molecule has 8 atom stereocenters. The van der Waals surface area contributed by atoms with Crippen LogP contribution in [-0.4, -0.2) is 0 Å². The van der Waals surface area contributed by atoms with Gasteiger partial charge in [0.2, 0.25) is 0 Å². The lowest BCUT2D eigenvalue weighted by Gasteiger charge is -2.29. The van der Waals surface area contributed by atoms with E-state index in [1.165, 1.54) is 12.8 Å². The molecule has 0 spiro atoms. The number of hydrogen-bond acceptors (Lipinski definition) is 0. The van der Waals surface area contributed by atoms with Crippen molar-refractivity contribution in [1.82, 2.24) is 0 Å². The van der Waals surface area contributed by atoms with E-state index >= 15 is 0 Å². The number of fused-ring (bicyclic) bond motifs is 11. The average molecular weight is 198 g/mol. The third-order valence-corrected chi connectivity index (χ3v) is 6.37. The van der Waals surface area contributed by atoms with Gasteiger partial charge in [0.05, 0.1) is 0 Å². The summed E-state index contributed by atoms with van der Waals surface area (Å²) in [5, 5.41) is 0. The van der Waals surface area contributed by atoms with Crippen molar-refractivity contribution in [3.05, 3.63) is 24.3 Å². The van der Waals surface area contributed by atoms with Crippen molar-refractivity contribution in [2.75, 3.05) is 0 Å². The lowest BCUT2D eigenvalue weighted by molar-refractivity contribution is 0.238. The van der Waals surface area contributed by atoms with Crippen LogP contribution >= 0.6 is 0 Å². The van der Waals surface area contributed by atoms with Crippen LogP contribution in [-0.2, 0) is 0 Å². The van der Waals surface area contributed by atoms with E-state index < -0.39 is 0 Å². The third kappa shape index (κ3) is 0.726. The molecule has 5 aliphatic carbocycles. The first kappa shape index (κ1) is 7.70. The highest BCUT2D eigenvalue weighted by Gasteiger charge is 2.61. The van der Waals surface area contributed by atoms with E-state index in [9.17, 15) is 0 Å². The highest BCUT2D eigenvalue weighted by molar-refractivity contribution is 5.24. The molecule has 78 valence electrons. The fourth-order valence-corrected chi connectivity index (χ4v) is 6.05. The van der Waals surface area contributed by atoms with Crippen LogP contribution in [0.1, 0.15) is 19.3 Å². The minimum atomic E-state index is 0.989. The molecule has 0 saturated heterocycles. The second kappa shape index (κ2) is 2.26. The van der Waals surface area contributed by atoms with Crippen molar-refractivity contribution >= 4 is 0 Å². The van der Waals surface area contributed by atoms with Gasteiger partial charge in [0, 0.05) is 0 Å². The van der Waals surface area contributed by atoms with Crippen molar-refractivity contribution in [2.45, 2.75) is 19.3 Å². The Morgan fingerprint density at radius 1 is 0.533 bits per heavy atom. The van der Waals surface area contributed by atoms with Crippen LogP contribution in [0, 0.1) is 47.3 Å². The molecular weight excluding hydrogens is 180 g/mol. The lowest BCUT2D eigenvalue weighted by atomic mass is 9.75. The van der Waals surface area contributed by atoms with E-state index in [0.717, 1.165) is 47.3 Å². The van der Waals surface area contributed by atoms with Crippen LogP contribution < -0.4 is 0 Å². The summed E-state index contributed by atoms with van der Waals surface area (Å²) < 4.78 is 0. The molecule has 5 rings (SSSR count). The van der Waals surface area contributed by atoms with E-state index in [2.05, 4.69) is 24.3 Å². The fraction of sp³-hybridized carbons (Fsp3) is 0.733. The average Bonchev–Trinajstić information content (AvgIpc) is 3.02. The van der Waals surface area contributed by atoms with Crippen molar-refractivity contribution in [3.8, 4) is 0 Å². The van der Waals surface area contributed by atoms with Crippen LogP contribution in [0.2, 0.25) is 0 Å². The summed E-state index contributed by atoms with van der Waals surface area (Å²) in [6, 6.07) is 0. The summed E-state index contributed by atoms with van der Waals surface area (Å²) in [7, 11) is 0. The molecule has 0 unspecified atom stereocenters. The van der Waals surface area contributed by atoms with Gasteiger partial charge in [-0.3, -0.25) is 0 Å². The van der Waals surface area contributed by atoms with Gasteiger partial charge in [0.25, 0.3) is 0 Å². The molecule has 0 heterocycles. The third-order valence-electron chi connectivity index (χ3n) is 6.37. The maximum Gasteiger partial charge on any atom is -0.0194 e. The van der Waals surface area contributed by atoms with E-state index in [4.69, 9.17) is 0 Å². The lowest BCUT2D eigenvalue weighted by Crippen LogP contribution is -2.24. The topological polar surface area (TPSA) is 0 Å². The molecule has 0 aromatic heterocycles. The number of hydrogen-bond donors (Lipinski definition) is 0. The van der Waals surface area contributed by atoms with Gasteiger partial charge in [-0.2, -0.15) is 0 Å². The number of allylic oxidation sites excluding steroid dienone is 4. The normalized spacial score (nSPS) is 66.7.